The monoisotopic (exact) mass is 224 g/mol. The van der Waals surface area contributed by atoms with Crippen LogP contribution in [0.5, 0.6) is 0 Å². The molecule has 0 aliphatic heterocycles. The van der Waals surface area contributed by atoms with E-state index in [0.29, 0.717) is 6.54 Å². The Bertz CT molecular complexity index is 306. The summed E-state index contributed by atoms with van der Waals surface area (Å²) >= 11 is 0. The van der Waals surface area contributed by atoms with Gasteiger partial charge in [-0.3, -0.25) is 0 Å². The number of nitrogens with one attached hydrogen (secondary N) is 1. The van der Waals surface area contributed by atoms with Crippen molar-refractivity contribution in [2.24, 2.45) is 11.1 Å². The molecule has 0 aliphatic carbocycles. The summed E-state index contributed by atoms with van der Waals surface area (Å²) in [6.45, 7) is 6.73. The molecule has 16 heavy (non-hydrogen) atoms. The molecule has 0 radical (unpaired) electrons. The van der Waals surface area contributed by atoms with Crippen LogP contribution in [0.2, 0.25) is 0 Å². The van der Waals surface area contributed by atoms with E-state index >= 15 is 0 Å². The van der Waals surface area contributed by atoms with Crippen LogP contribution >= 0.6 is 0 Å². The fourth-order valence-electron chi connectivity index (χ4n) is 1.36. The molecule has 2 nitrogen and oxygen atoms in total. The second-order valence-electron chi connectivity index (χ2n) is 4.92. The Kier molecular flexibility index (Phi) is 4.90. The average molecular weight is 224 g/mol. The first-order valence-corrected chi connectivity index (χ1v) is 5.69. The Balaban J connectivity index is 2.23. The summed E-state index contributed by atoms with van der Waals surface area (Å²) in [6.07, 6.45) is 1.05. The van der Waals surface area contributed by atoms with Gasteiger partial charge in [-0.05, 0) is 42.6 Å². The van der Waals surface area contributed by atoms with E-state index in [1.54, 1.807) is 12.1 Å². The van der Waals surface area contributed by atoms with Crippen LogP contribution in [-0.4, -0.2) is 13.1 Å². The third-order valence-corrected chi connectivity index (χ3v) is 2.77. The highest BCUT2D eigenvalue weighted by Gasteiger charge is 2.14. The van der Waals surface area contributed by atoms with Crippen LogP contribution in [0.4, 0.5) is 4.39 Å². The van der Waals surface area contributed by atoms with E-state index in [1.807, 2.05) is 0 Å². The summed E-state index contributed by atoms with van der Waals surface area (Å²) < 4.78 is 12.6. The zero-order valence-corrected chi connectivity index (χ0v) is 10.1. The number of nitrogens with two attached hydrogens (primary N) is 1. The van der Waals surface area contributed by atoms with E-state index in [9.17, 15) is 4.39 Å². The maximum atomic E-state index is 12.6. The highest BCUT2D eigenvalue weighted by Crippen LogP contribution is 2.16. The molecular formula is C13H21FN2. The molecular weight excluding hydrogens is 203 g/mol. The largest absolute Gasteiger partial charge is 0.330 e. The van der Waals surface area contributed by atoms with Gasteiger partial charge in [0.25, 0.3) is 0 Å². The Morgan fingerprint density at radius 1 is 1.25 bits per heavy atom. The molecule has 1 aromatic carbocycles. The minimum atomic E-state index is -0.187. The Labute approximate surface area is 97.0 Å². The van der Waals surface area contributed by atoms with E-state index in [-0.39, 0.29) is 11.2 Å². The standard InChI is InChI=1S/C13H21FN2/c1-13(2,10-15)7-8-16-9-11-3-5-12(14)6-4-11/h3-6,16H,7-10,15H2,1-2H3. The fourth-order valence-corrected chi connectivity index (χ4v) is 1.36. The lowest BCUT2D eigenvalue weighted by atomic mass is 9.90. The maximum Gasteiger partial charge on any atom is 0.123 e. The van der Waals surface area contributed by atoms with E-state index in [0.717, 1.165) is 25.1 Å². The molecule has 0 unspecified atom stereocenters. The van der Waals surface area contributed by atoms with Crippen molar-refractivity contribution in [3.8, 4) is 0 Å². The number of rotatable bonds is 6. The van der Waals surface area contributed by atoms with Crippen molar-refractivity contribution in [1.29, 1.82) is 0 Å². The van der Waals surface area contributed by atoms with Gasteiger partial charge in [0.2, 0.25) is 0 Å². The molecule has 0 saturated carbocycles. The molecule has 0 atom stereocenters. The van der Waals surface area contributed by atoms with Crippen molar-refractivity contribution >= 4 is 0 Å². The molecule has 3 N–H and O–H groups in total. The minimum absolute atomic E-state index is 0.187. The molecule has 0 bridgehead atoms. The smallest absolute Gasteiger partial charge is 0.123 e. The molecule has 1 rings (SSSR count). The summed E-state index contributed by atoms with van der Waals surface area (Å²) in [5.74, 6) is -0.187. The summed E-state index contributed by atoms with van der Waals surface area (Å²) in [6, 6.07) is 6.58. The summed E-state index contributed by atoms with van der Waals surface area (Å²) in [4.78, 5) is 0. The van der Waals surface area contributed by atoms with Crippen LogP contribution in [-0.2, 0) is 6.54 Å². The first-order chi connectivity index (χ1) is 7.53. The molecule has 0 aromatic heterocycles. The van der Waals surface area contributed by atoms with Crippen molar-refractivity contribution in [3.63, 3.8) is 0 Å². The van der Waals surface area contributed by atoms with E-state index < -0.39 is 0 Å². The minimum Gasteiger partial charge on any atom is -0.330 e. The van der Waals surface area contributed by atoms with E-state index in [1.165, 1.54) is 12.1 Å². The zero-order chi connectivity index (χ0) is 12.0. The maximum absolute atomic E-state index is 12.6. The van der Waals surface area contributed by atoms with E-state index in [4.69, 9.17) is 5.73 Å². The lowest BCUT2D eigenvalue weighted by molar-refractivity contribution is 0.339. The summed E-state index contributed by atoms with van der Waals surface area (Å²) in [5.41, 5.74) is 6.94. The summed E-state index contributed by atoms with van der Waals surface area (Å²) in [7, 11) is 0. The van der Waals surface area contributed by atoms with Crippen molar-refractivity contribution in [3.05, 3.63) is 35.6 Å². The SMILES string of the molecule is CC(C)(CN)CCNCc1ccc(F)cc1. The second-order valence-corrected chi connectivity index (χ2v) is 4.92. The first kappa shape index (κ1) is 13.1. The second kappa shape index (κ2) is 5.97. The van der Waals surface area contributed by atoms with Crippen LogP contribution in [0.1, 0.15) is 25.8 Å². The topological polar surface area (TPSA) is 38.0 Å². The molecule has 0 fully saturated rings. The van der Waals surface area contributed by atoms with Crippen molar-refractivity contribution in [2.75, 3.05) is 13.1 Å². The van der Waals surface area contributed by atoms with Gasteiger partial charge in [0.15, 0.2) is 0 Å². The lowest BCUT2D eigenvalue weighted by Crippen LogP contribution is -2.28. The van der Waals surface area contributed by atoms with E-state index in [2.05, 4.69) is 19.2 Å². The molecule has 0 aliphatic rings. The van der Waals surface area contributed by atoms with Crippen LogP contribution in [0, 0.1) is 11.2 Å². The number of hydrogen-bond donors (Lipinski definition) is 2. The van der Waals surface area contributed by atoms with Gasteiger partial charge < -0.3 is 11.1 Å². The van der Waals surface area contributed by atoms with Gasteiger partial charge >= 0.3 is 0 Å². The normalized spacial score (nSPS) is 11.8. The van der Waals surface area contributed by atoms with Gasteiger partial charge in [0.05, 0.1) is 0 Å². The number of hydrogen-bond acceptors (Lipinski definition) is 2. The van der Waals surface area contributed by atoms with Crippen molar-refractivity contribution in [2.45, 2.75) is 26.8 Å². The van der Waals surface area contributed by atoms with Crippen molar-refractivity contribution < 1.29 is 4.39 Å². The quantitative estimate of drug-likeness (QED) is 0.728. The predicted molar refractivity (Wildman–Crippen MR) is 65.6 cm³/mol. The van der Waals surface area contributed by atoms with Crippen LogP contribution in [0.15, 0.2) is 24.3 Å². The average Bonchev–Trinajstić information content (AvgIpc) is 2.27. The van der Waals surface area contributed by atoms with Gasteiger partial charge in [0, 0.05) is 6.54 Å². The molecule has 0 heterocycles. The Morgan fingerprint density at radius 2 is 1.88 bits per heavy atom. The first-order valence-electron chi connectivity index (χ1n) is 5.69. The molecule has 0 saturated heterocycles. The third kappa shape index (κ3) is 4.73. The van der Waals surface area contributed by atoms with Crippen LogP contribution in [0.3, 0.4) is 0 Å². The predicted octanol–water partition coefficient (Wildman–Crippen LogP) is 2.29. The van der Waals surface area contributed by atoms with Crippen molar-refractivity contribution in [1.82, 2.24) is 5.32 Å². The van der Waals surface area contributed by atoms with Crippen LogP contribution in [0.25, 0.3) is 0 Å². The lowest BCUT2D eigenvalue weighted by Gasteiger charge is -2.22. The Hall–Kier alpha value is -0.930. The molecule has 0 spiro atoms. The van der Waals surface area contributed by atoms with Gasteiger partial charge in [-0.25, -0.2) is 4.39 Å². The van der Waals surface area contributed by atoms with Gasteiger partial charge in [-0.1, -0.05) is 26.0 Å². The van der Waals surface area contributed by atoms with Gasteiger partial charge in [-0.2, -0.15) is 0 Å². The Morgan fingerprint density at radius 3 is 2.44 bits per heavy atom. The zero-order valence-electron chi connectivity index (χ0n) is 10.1. The van der Waals surface area contributed by atoms with Crippen LogP contribution < -0.4 is 11.1 Å². The third-order valence-electron chi connectivity index (χ3n) is 2.77. The van der Waals surface area contributed by atoms with Gasteiger partial charge in [0.1, 0.15) is 5.82 Å². The highest BCUT2D eigenvalue weighted by molar-refractivity contribution is 5.15. The molecule has 3 heteroatoms. The molecule has 1 aromatic rings. The summed E-state index contributed by atoms with van der Waals surface area (Å²) in [5, 5.41) is 3.33. The number of benzene rings is 1. The number of halogens is 1. The molecule has 0 amide bonds. The highest BCUT2D eigenvalue weighted by atomic mass is 19.1. The molecule has 90 valence electrons. The van der Waals surface area contributed by atoms with Gasteiger partial charge in [-0.15, -0.1) is 0 Å². The fraction of sp³-hybridized carbons (Fsp3) is 0.538.